The highest BCUT2D eigenvalue weighted by Gasteiger charge is 2.06. The second kappa shape index (κ2) is 11.5. The second-order valence-corrected chi connectivity index (χ2v) is 5.75. The van der Waals surface area contributed by atoms with Crippen LogP contribution in [0.3, 0.4) is 0 Å². The first kappa shape index (κ1) is 21.0. The maximum Gasteiger partial charge on any atom is 0.224 e. The molecule has 25 heavy (non-hydrogen) atoms. The van der Waals surface area contributed by atoms with Crippen molar-refractivity contribution in [2.45, 2.75) is 33.2 Å². The molecule has 0 saturated heterocycles. The Bertz CT molecular complexity index is 662. The average molecular weight is 363 g/mol. The van der Waals surface area contributed by atoms with Crippen LogP contribution in [0.4, 0.5) is 5.69 Å². The number of halogens is 1. The number of aryl methyl sites for hydroxylation is 1. The standard InChI is InChI=1S/C20H26N2O2.ClH/c1-3-21-15-17-9-4-5-11-19(17)22-20(23)12-7-13-24-18-10-6-8-16(2)14-18;/h4-6,8-11,14,21H,3,7,12-13,15H2,1-2H3,(H,22,23);1H. The fourth-order valence-electron chi connectivity index (χ4n) is 2.40. The molecule has 0 heterocycles. The zero-order valence-electron chi connectivity index (χ0n) is 14.9. The van der Waals surface area contributed by atoms with Crippen molar-refractivity contribution in [2.75, 3.05) is 18.5 Å². The van der Waals surface area contributed by atoms with Gasteiger partial charge < -0.3 is 15.4 Å². The van der Waals surface area contributed by atoms with Gasteiger partial charge in [0.25, 0.3) is 0 Å². The third-order valence-electron chi connectivity index (χ3n) is 3.66. The van der Waals surface area contributed by atoms with E-state index < -0.39 is 0 Å². The number of hydrogen-bond donors (Lipinski definition) is 2. The van der Waals surface area contributed by atoms with E-state index in [1.165, 1.54) is 5.56 Å². The molecular formula is C20H27ClN2O2. The molecule has 0 aliphatic rings. The van der Waals surface area contributed by atoms with Crippen molar-refractivity contribution in [1.82, 2.24) is 5.32 Å². The molecule has 136 valence electrons. The normalized spacial score (nSPS) is 10.0. The van der Waals surface area contributed by atoms with E-state index in [2.05, 4.69) is 17.6 Å². The Morgan fingerprint density at radius 3 is 2.68 bits per heavy atom. The molecular weight excluding hydrogens is 336 g/mol. The third-order valence-corrected chi connectivity index (χ3v) is 3.66. The molecule has 0 aromatic heterocycles. The molecule has 1 amide bonds. The van der Waals surface area contributed by atoms with Crippen molar-refractivity contribution in [1.29, 1.82) is 0 Å². The summed E-state index contributed by atoms with van der Waals surface area (Å²) in [6.07, 6.45) is 1.14. The highest BCUT2D eigenvalue weighted by Crippen LogP contribution is 2.16. The summed E-state index contributed by atoms with van der Waals surface area (Å²) in [4.78, 5) is 12.1. The van der Waals surface area contributed by atoms with Crippen LogP contribution in [0, 0.1) is 6.92 Å². The van der Waals surface area contributed by atoms with Gasteiger partial charge in [0.05, 0.1) is 6.61 Å². The highest BCUT2D eigenvalue weighted by molar-refractivity contribution is 5.91. The lowest BCUT2D eigenvalue weighted by Crippen LogP contribution is -2.17. The maximum atomic E-state index is 12.1. The van der Waals surface area contributed by atoms with Gasteiger partial charge in [0.1, 0.15) is 5.75 Å². The van der Waals surface area contributed by atoms with E-state index in [0.717, 1.165) is 30.1 Å². The molecule has 0 fully saturated rings. The fourth-order valence-corrected chi connectivity index (χ4v) is 2.40. The molecule has 2 rings (SSSR count). The van der Waals surface area contributed by atoms with Gasteiger partial charge in [-0.3, -0.25) is 4.79 Å². The van der Waals surface area contributed by atoms with Crippen LogP contribution in [0.15, 0.2) is 48.5 Å². The maximum absolute atomic E-state index is 12.1. The topological polar surface area (TPSA) is 50.4 Å². The molecule has 2 aromatic carbocycles. The van der Waals surface area contributed by atoms with Crippen LogP contribution in [0.2, 0.25) is 0 Å². The lowest BCUT2D eigenvalue weighted by Gasteiger charge is -2.11. The van der Waals surface area contributed by atoms with Gasteiger partial charge in [0.2, 0.25) is 5.91 Å². The molecule has 0 aliphatic heterocycles. The summed E-state index contributed by atoms with van der Waals surface area (Å²) in [7, 11) is 0. The molecule has 0 atom stereocenters. The monoisotopic (exact) mass is 362 g/mol. The first-order chi connectivity index (χ1) is 11.7. The Balaban J connectivity index is 0.00000312. The molecule has 0 saturated carbocycles. The van der Waals surface area contributed by atoms with E-state index in [0.29, 0.717) is 19.4 Å². The van der Waals surface area contributed by atoms with Gasteiger partial charge in [-0.15, -0.1) is 12.4 Å². The number of para-hydroxylation sites is 1. The Hall–Kier alpha value is -2.04. The van der Waals surface area contributed by atoms with Crippen LogP contribution in [0.1, 0.15) is 30.9 Å². The predicted octanol–water partition coefficient (Wildman–Crippen LogP) is 4.32. The van der Waals surface area contributed by atoms with Gasteiger partial charge in [-0.25, -0.2) is 0 Å². The minimum Gasteiger partial charge on any atom is -0.494 e. The van der Waals surface area contributed by atoms with Crippen LogP contribution < -0.4 is 15.4 Å². The van der Waals surface area contributed by atoms with Gasteiger partial charge in [-0.1, -0.05) is 37.3 Å². The summed E-state index contributed by atoms with van der Waals surface area (Å²) in [5, 5.41) is 6.27. The number of rotatable bonds is 9. The number of carbonyl (C=O) groups excluding carboxylic acids is 1. The fraction of sp³-hybridized carbons (Fsp3) is 0.350. The quantitative estimate of drug-likeness (QED) is 0.653. The van der Waals surface area contributed by atoms with Crippen molar-refractivity contribution < 1.29 is 9.53 Å². The summed E-state index contributed by atoms with van der Waals surface area (Å²) in [5.74, 6) is 0.873. The van der Waals surface area contributed by atoms with Gasteiger partial charge in [0, 0.05) is 18.7 Å². The van der Waals surface area contributed by atoms with E-state index in [-0.39, 0.29) is 18.3 Å². The number of carbonyl (C=O) groups is 1. The minimum absolute atomic E-state index is 0. The van der Waals surface area contributed by atoms with Gasteiger partial charge in [-0.2, -0.15) is 0 Å². The van der Waals surface area contributed by atoms with Crippen LogP contribution in [-0.4, -0.2) is 19.1 Å². The number of hydrogen-bond acceptors (Lipinski definition) is 3. The summed E-state index contributed by atoms with van der Waals surface area (Å²) in [6.45, 7) is 6.29. The number of nitrogens with one attached hydrogen (secondary N) is 2. The first-order valence-electron chi connectivity index (χ1n) is 8.47. The summed E-state index contributed by atoms with van der Waals surface area (Å²) < 4.78 is 5.67. The average Bonchev–Trinajstić information content (AvgIpc) is 2.58. The molecule has 4 nitrogen and oxygen atoms in total. The molecule has 0 spiro atoms. The van der Waals surface area contributed by atoms with E-state index in [1.54, 1.807) is 0 Å². The second-order valence-electron chi connectivity index (χ2n) is 5.75. The van der Waals surface area contributed by atoms with Crippen LogP contribution in [0.5, 0.6) is 5.75 Å². The summed E-state index contributed by atoms with van der Waals surface area (Å²) >= 11 is 0. The summed E-state index contributed by atoms with van der Waals surface area (Å²) in [6, 6.07) is 15.8. The molecule has 2 N–H and O–H groups in total. The third kappa shape index (κ3) is 7.59. The van der Waals surface area contributed by atoms with Gasteiger partial charge in [-0.05, 0) is 49.2 Å². The van der Waals surface area contributed by atoms with E-state index in [9.17, 15) is 4.79 Å². The zero-order valence-corrected chi connectivity index (χ0v) is 15.7. The van der Waals surface area contributed by atoms with Crippen molar-refractivity contribution in [3.8, 4) is 5.75 Å². The smallest absolute Gasteiger partial charge is 0.224 e. The van der Waals surface area contributed by atoms with Crippen molar-refractivity contribution in [2.24, 2.45) is 0 Å². The first-order valence-corrected chi connectivity index (χ1v) is 8.47. The number of benzene rings is 2. The molecule has 2 aromatic rings. The number of ether oxygens (including phenoxy) is 1. The molecule has 0 unspecified atom stereocenters. The Kier molecular flexibility index (Phi) is 9.66. The zero-order chi connectivity index (χ0) is 17.2. The summed E-state index contributed by atoms with van der Waals surface area (Å²) in [5.41, 5.74) is 3.15. The lowest BCUT2D eigenvalue weighted by atomic mass is 10.1. The van der Waals surface area contributed by atoms with Crippen LogP contribution in [0.25, 0.3) is 0 Å². The Morgan fingerprint density at radius 1 is 1.12 bits per heavy atom. The number of anilines is 1. The molecule has 5 heteroatoms. The number of amides is 1. The molecule has 0 bridgehead atoms. The van der Waals surface area contributed by atoms with Crippen LogP contribution >= 0.6 is 12.4 Å². The van der Waals surface area contributed by atoms with E-state index >= 15 is 0 Å². The lowest BCUT2D eigenvalue weighted by molar-refractivity contribution is -0.116. The minimum atomic E-state index is 0. The van der Waals surface area contributed by atoms with Crippen molar-refractivity contribution in [3.05, 3.63) is 59.7 Å². The van der Waals surface area contributed by atoms with Gasteiger partial charge >= 0.3 is 0 Å². The van der Waals surface area contributed by atoms with Gasteiger partial charge in [0.15, 0.2) is 0 Å². The molecule has 0 radical (unpaired) electrons. The largest absolute Gasteiger partial charge is 0.494 e. The van der Waals surface area contributed by atoms with Crippen molar-refractivity contribution >= 4 is 24.0 Å². The van der Waals surface area contributed by atoms with Crippen molar-refractivity contribution in [3.63, 3.8) is 0 Å². The predicted molar refractivity (Wildman–Crippen MR) is 106 cm³/mol. The Labute approximate surface area is 156 Å². The van der Waals surface area contributed by atoms with E-state index in [4.69, 9.17) is 4.74 Å². The van der Waals surface area contributed by atoms with E-state index in [1.807, 2.05) is 55.5 Å². The SMILES string of the molecule is CCNCc1ccccc1NC(=O)CCCOc1cccc(C)c1.Cl. The highest BCUT2D eigenvalue weighted by atomic mass is 35.5. The van der Waals surface area contributed by atoms with Crippen LogP contribution in [-0.2, 0) is 11.3 Å². The molecule has 0 aliphatic carbocycles. The Morgan fingerprint density at radius 2 is 1.92 bits per heavy atom.